The Bertz CT molecular complexity index is 1050. The summed E-state index contributed by atoms with van der Waals surface area (Å²) in [6.45, 7) is 0. The molecular weight excluding hydrogens is 360 g/mol. The third-order valence-electron chi connectivity index (χ3n) is 4.62. The summed E-state index contributed by atoms with van der Waals surface area (Å²) in [5.74, 6) is 1.00. The minimum Gasteiger partial charge on any atom is -0.289 e. The maximum Gasteiger partial charge on any atom is 0.193 e. The number of benzene rings is 4. The molecule has 136 valence electrons. The van der Waals surface area contributed by atoms with Gasteiger partial charge in [0.05, 0.1) is 0 Å². The number of ketones is 1. The van der Waals surface area contributed by atoms with Gasteiger partial charge in [-0.15, -0.1) is 11.8 Å². The fourth-order valence-corrected chi connectivity index (χ4v) is 4.00. The quantitative estimate of drug-likeness (QED) is 0.268. The van der Waals surface area contributed by atoms with Gasteiger partial charge >= 0.3 is 0 Å². The normalized spacial score (nSPS) is 10.6. The predicted molar refractivity (Wildman–Crippen MR) is 118 cm³/mol. The van der Waals surface area contributed by atoms with Crippen molar-refractivity contribution in [3.8, 4) is 11.1 Å². The second-order valence-electron chi connectivity index (χ2n) is 6.54. The van der Waals surface area contributed by atoms with Crippen LogP contribution in [0.25, 0.3) is 11.1 Å². The van der Waals surface area contributed by atoms with Crippen LogP contribution >= 0.6 is 11.8 Å². The molecule has 0 aliphatic rings. The molecule has 0 aromatic heterocycles. The summed E-state index contributed by atoms with van der Waals surface area (Å²) in [7, 11) is 0. The van der Waals surface area contributed by atoms with E-state index in [1.54, 1.807) is 0 Å². The van der Waals surface area contributed by atoms with Crippen molar-refractivity contribution in [1.29, 1.82) is 0 Å². The molecule has 2 heteroatoms. The summed E-state index contributed by atoms with van der Waals surface area (Å²) < 4.78 is 0. The molecule has 0 spiro atoms. The first-order chi connectivity index (χ1) is 13.8. The van der Waals surface area contributed by atoms with Gasteiger partial charge in [0, 0.05) is 21.8 Å². The Morgan fingerprint density at radius 2 is 1.25 bits per heavy atom. The Morgan fingerprint density at radius 3 is 1.96 bits per heavy atom. The molecule has 28 heavy (non-hydrogen) atoms. The maximum absolute atomic E-state index is 13.0. The summed E-state index contributed by atoms with van der Waals surface area (Å²) in [5.41, 5.74) is 4.79. The molecule has 0 radical (unpaired) electrons. The van der Waals surface area contributed by atoms with Crippen molar-refractivity contribution in [3.63, 3.8) is 0 Å². The SMILES string of the molecule is O=C(c1ccccc1)c1ccccc1-c1ccc(SCc2ccccc2)cc1. The van der Waals surface area contributed by atoms with Gasteiger partial charge in [0.15, 0.2) is 5.78 Å². The van der Waals surface area contributed by atoms with Gasteiger partial charge in [0.1, 0.15) is 0 Å². The lowest BCUT2D eigenvalue weighted by molar-refractivity contribution is 0.103. The van der Waals surface area contributed by atoms with Gasteiger partial charge in [-0.25, -0.2) is 0 Å². The first-order valence-corrected chi connectivity index (χ1v) is 10.3. The van der Waals surface area contributed by atoms with Crippen LogP contribution in [-0.2, 0) is 5.75 Å². The summed E-state index contributed by atoms with van der Waals surface area (Å²) in [4.78, 5) is 14.2. The van der Waals surface area contributed by atoms with Gasteiger partial charge in [0.25, 0.3) is 0 Å². The van der Waals surface area contributed by atoms with E-state index in [1.807, 2.05) is 72.4 Å². The average Bonchev–Trinajstić information content (AvgIpc) is 2.79. The Kier molecular flexibility index (Phi) is 5.69. The monoisotopic (exact) mass is 380 g/mol. The van der Waals surface area contributed by atoms with Gasteiger partial charge in [-0.2, -0.15) is 0 Å². The fourth-order valence-electron chi connectivity index (χ4n) is 3.15. The molecule has 0 unspecified atom stereocenters. The molecule has 0 N–H and O–H groups in total. The molecule has 4 aromatic rings. The minimum atomic E-state index is 0.0544. The highest BCUT2D eigenvalue weighted by atomic mass is 32.2. The van der Waals surface area contributed by atoms with Crippen molar-refractivity contribution in [3.05, 3.63) is 126 Å². The number of hydrogen-bond acceptors (Lipinski definition) is 2. The van der Waals surface area contributed by atoms with E-state index in [9.17, 15) is 4.79 Å². The van der Waals surface area contributed by atoms with Gasteiger partial charge in [-0.3, -0.25) is 4.79 Å². The van der Waals surface area contributed by atoms with Crippen LogP contribution in [0.4, 0.5) is 0 Å². The number of thioether (sulfide) groups is 1. The van der Waals surface area contributed by atoms with Crippen LogP contribution < -0.4 is 0 Å². The van der Waals surface area contributed by atoms with Gasteiger partial charge in [0.2, 0.25) is 0 Å². The molecule has 0 saturated heterocycles. The highest BCUT2D eigenvalue weighted by Crippen LogP contribution is 2.29. The second kappa shape index (κ2) is 8.73. The zero-order valence-corrected chi connectivity index (χ0v) is 16.2. The molecular formula is C26H20OS. The number of hydrogen-bond donors (Lipinski definition) is 0. The van der Waals surface area contributed by atoms with Crippen LogP contribution in [-0.4, -0.2) is 5.78 Å². The van der Waals surface area contributed by atoms with Crippen molar-refractivity contribution in [2.75, 3.05) is 0 Å². The fraction of sp³-hybridized carbons (Fsp3) is 0.0385. The first-order valence-electron chi connectivity index (χ1n) is 9.27. The molecule has 1 nitrogen and oxygen atoms in total. The van der Waals surface area contributed by atoms with E-state index in [0.717, 1.165) is 22.4 Å². The first kappa shape index (κ1) is 18.3. The molecule has 4 aromatic carbocycles. The Hall–Kier alpha value is -3.10. The van der Waals surface area contributed by atoms with Crippen LogP contribution in [0.15, 0.2) is 114 Å². The zero-order valence-electron chi connectivity index (χ0n) is 15.4. The lowest BCUT2D eigenvalue weighted by Gasteiger charge is -2.10. The third kappa shape index (κ3) is 4.24. The second-order valence-corrected chi connectivity index (χ2v) is 7.59. The lowest BCUT2D eigenvalue weighted by atomic mass is 9.94. The zero-order chi connectivity index (χ0) is 19.2. The molecule has 0 aliphatic heterocycles. The summed E-state index contributed by atoms with van der Waals surface area (Å²) in [6, 6.07) is 36.2. The molecule has 0 amide bonds. The van der Waals surface area contributed by atoms with E-state index in [1.165, 1.54) is 10.5 Å². The standard InChI is InChI=1S/C26H20OS/c27-26(22-11-5-2-6-12-22)25-14-8-7-13-24(25)21-15-17-23(18-16-21)28-19-20-9-3-1-4-10-20/h1-18H,19H2. The van der Waals surface area contributed by atoms with Crippen LogP contribution in [0, 0.1) is 0 Å². The molecule has 0 heterocycles. The van der Waals surface area contributed by atoms with E-state index in [0.29, 0.717) is 5.56 Å². The molecule has 0 saturated carbocycles. The topological polar surface area (TPSA) is 17.1 Å². The van der Waals surface area contributed by atoms with Crippen LogP contribution in [0.5, 0.6) is 0 Å². The highest BCUT2D eigenvalue weighted by Gasteiger charge is 2.14. The molecule has 0 aliphatic carbocycles. The van der Waals surface area contributed by atoms with Crippen molar-refractivity contribution >= 4 is 17.5 Å². The Labute approximate surface area is 170 Å². The maximum atomic E-state index is 13.0. The largest absolute Gasteiger partial charge is 0.289 e. The van der Waals surface area contributed by atoms with Crippen molar-refractivity contribution in [2.45, 2.75) is 10.6 Å². The number of carbonyl (C=O) groups is 1. The minimum absolute atomic E-state index is 0.0544. The molecule has 0 atom stereocenters. The van der Waals surface area contributed by atoms with Crippen molar-refractivity contribution in [2.24, 2.45) is 0 Å². The molecule has 0 fully saturated rings. The van der Waals surface area contributed by atoms with Crippen molar-refractivity contribution in [1.82, 2.24) is 0 Å². The van der Waals surface area contributed by atoms with Crippen LogP contribution in [0.1, 0.15) is 21.5 Å². The Balaban J connectivity index is 1.56. The molecule has 0 bridgehead atoms. The van der Waals surface area contributed by atoms with E-state index in [-0.39, 0.29) is 5.78 Å². The van der Waals surface area contributed by atoms with E-state index in [2.05, 4.69) is 48.5 Å². The summed E-state index contributed by atoms with van der Waals surface area (Å²) in [6.07, 6.45) is 0. The van der Waals surface area contributed by atoms with E-state index < -0.39 is 0 Å². The van der Waals surface area contributed by atoms with Crippen molar-refractivity contribution < 1.29 is 4.79 Å². The number of rotatable bonds is 6. The van der Waals surface area contributed by atoms with Gasteiger partial charge in [-0.1, -0.05) is 97.1 Å². The Morgan fingerprint density at radius 1 is 0.643 bits per heavy atom. The lowest BCUT2D eigenvalue weighted by Crippen LogP contribution is -2.03. The average molecular weight is 381 g/mol. The van der Waals surface area contributed by atoms with Crippen LogP contribution in [0.2, 0.25) is 0 Å². The van der Waals surface area contributed by atoms with E-state index in [4.69, 9.17) is 0 Å². The summed E-state index contributed by atoms with van der Waals surface area (Å²) in [5, 5.41) is 0. The highest BCUT2D eigenvalue weighted by molar-refractivity contribution is 7.98. The van der Waals surface area contributed by atoms with Crippen LogP contribution in [0.3, 0.4) is 0 Å². The predicted octanol–water partition coefficient (Wildman–Crippen LogP) is 6.88. The van der Waals surface area contributed by atoms with Gasteiger partial charge < -0.3 is 0 Å². The number of carbonyl (C=O) groups excluding carboxylic acids is 1. The third-order valence-corrected chi connectivity index (χ3v) is 5.70. The molecule has 4 rings (SSSR count). The smallest absolute Gasteiger partial charge is 0.193 e. The van der Waals surface area contributed by atoms with Gasteiger partial charge in [-0.05, 0) is 28.8 Å². The summed E-state index contributed by atoms with van der Waals surface area (Å²) >= 11 is 1.82. The van der Waals surface area contributed by atoms with E-state index >= 15 is 0 Å².